The molecule has 0 bridgehead atoms. The van der Waals surface area contributed by atoms with Gasteiger partial charge in [-0.05, 0) is 37.1 Å². The number of hydrogen-bond donors (Lipinski definition) is 3. The first kappa shape index (κ1) is 18.7. The molecule has 0 radical (unpaired) electrons. The summed E-state index contributed by atoms with van der Waals surface area (Å²) in [4.78, 5) is 23.3. The van der Waals surface area contributed by atoms with Crippen LogP contribution in [0.25, 0.3) is 0 Å². The van der Waals surface area contributed by atoms with E-state index in [-0.39, 0.29) is 30.8 Å². The van der Waals surface area contributed by atoms with Gasteiger partial charge in [0, 0.05) is 17.5 Å². The second kappa shape index (κ2) is 8.98. The Morgan fingerprint density at radius 1 is 1.45 bits per heavy atom. The number of primary amides is 1. The van der Waals surface area contributed by atoms with Crippen LogP contribution in [0.2, 0.25) is 5.02 Å². The number of nitrogens with one attached hydrogen (secondary N) is 2. The maximum atomic E-state index is 12.1. The molecule has 0 aliphatic carbocycles. The van der Waals surface area contributed by atoms with E-state index < -0.39 is 11.9 Å². The third-order valence-corrected chi connectivity index (χ3v) is 3.82. The van der Waals surface area contributed by atoms with Crippen LogP contribution in [0.1, 0.15) is 37.3 Å². The number of amides is 2. The summed E-state index contributed by atoms with van der Waals surface area (Å²) in [6.45, 7) is 0.955. The van der Waals surface area contributed by atoms with Gasteiger partial charge in [-0.15, -0.1) is 12.4 Å². The maximum absolute atomic E-state index is 12.1. The molecule has 4 N–H and O–H groups in total. The molecule has 7 heteroatoms. The van der Waals surface area contributed by atoms with E-state index in [2.05, 4.69) is 10.6 Å². The van der Waals surface area contributed by atoms with Crippen molar-refractivity contribution in [1.29, 1.82) is 0 Å². The Labute approximate surface area is 141 Å². The predicted molar refractivity (Wildman–Crippen MR) is 89.0 cm³/mol. The second-order valence-corrected chi connectivity index (χ2v) is 5.78. The summed E-state index contributed by atoms with van der Waals surface area (Å²) in [6.07, 6.45) is 2.57. The number of benzene rings is 1. The molecule has 1 unspecified atom stereocenters. The largest absolute Gasteiger partial charge is 0.370 e. The van der Waals surface area contributed by atoms with E-state index in [4.69, 9.17) is 17.3 Å². The number of halogens is 2. The zero-order valence-corrected chi connectivity index (χ0v) is 13.8. The van der Waals surface area contributed by atoms with Gasteiger partial charge in [0.2, 0.25) is 11.8 Å². The first-order valence-electron chi connectivity index (χ1n) is 7.11. The van der Waals surface area contributed by atoms with E-state index in [1.165, 1.54) is 0 Å². The molecular weight excluding hydrogens is 325 g/mol. The maximum Gasteiger partial charge on any atom is 0.222 e. The van der Waals surface area contributed by atoms with Gasteiger partial charge in [-0.1, -0.05) is 23.7 Å². The van der Waals surface area contributed by atoms with E-state index in [1.54, 1.807) is 18.2 Å². The van der Waals surface area contributed by atoms with E-state index in [1.807, 2.05) is 6.07 Å². The van der Waals surface area contributed by atoms with Gasteiger partial charge in [0.15, 0.2) is 0 Å². The first-order chi connectivity index (χ1) is 10.0. The van der Waals surface area contributed by atoms with Crippen LogP contribution in [0.3, 0.4) is 0 Å². The highest BCUT2D eigenvalue weighted by atomic mass is 35.5. The highest BCUT2D eigenvalue weighted by Crippen LogP contribution is 2.21. The summed E-state index contributed by atoms with van der Waals surface area (Å²) in [6, 6.07) is 6.89. The van der Waals surface area contributed by atoms with Crippen molar-refractivity contribution in [1.82, 2.24) is 10.6 Å². The fourth-order valence-electron chi connectivity index (χ4n) is 2.58. The Balaban J connectivity index is 0.00000242. The fraction of sp³-hybridized carbons (Fsp3) is 0.467. The lowest BCUT2D eigenvalue weighted by molar-refractivity contribution is -0.123. The number of hydrogen-bond acceptors (Lipinski definition) is 3. The summed E-state index contributed by atoms with van der Waals surface area (Å²) in [5, 5.41) is 6.72. The van der Waals surface area contributed by atoms with Crippen molar-refractivity contribution in [3.63, 3.8) is 0 Å². The van der Waals surface area contributed by atoms with Crippen LogP contribution >= 0.6 is 24.0 Å². The topological polar surface area (TPSA) is 84.2 Å². The normalized spacial score (nSPS) is 18.3. The monoisotopic (exact) mass is 345 g/mol. The molecule has 5 nitrogen and oxygen atoms in total. The van der Waals surface area contributed by atoms with Crippen LogP contribution < -0.4 is 16.4 Å². The fourth-order valence-corrected chi connectivity index (χ4v) is 2.78. The third-order valence-electron chi connectivity index (χ3n) is 3.59. The molecule has 0 spiro atoms. The molecule has 2 atom stereocenters. The van der Waals surface area contributed by atoms with Crippen LogP contribution in [0.4, 0.5) is 0 Å². The van der Waals surface area contributed by atoms with Crippen LogP contribution in [0.5, 0.6) is 0 Å². The van der Waals surface area contributed by atoms with Gasteiger partial charge in [-0.2, -0.15) is 0 Å². The number of carbonyl (C=O) groups is 2. The molecule has 22 heavy (non-hydrogen) atoms. The van der Waals surface area contributed by atoms with Gasteiger partial charge in [-0.25, -0.2) is 0 Å². The van der Waals surface area contributed by atoms with Crippen molar-refractivity contribution in [2.45, 2.75) is 37.8 Å². The SMILES string of the molecule is Cl.NC(=O)C[C@@H](NC(=O)CC1CCCN1)c1cccc(Cl)c1. The van der Waals surface area contributed by atoms with Crippen molar-refractivity contribution >= 4 is 35.8 Å². The molecule has 1 aliphatic rings. The van der Waals surface area contributed by atoms with E-state index >= 15 is 0 Å². The lowest BCUT2D eigenvalue weighted by Gasteiger charge is -2.19. The van der Waals surface area contributed by atoms with Crippen LogP contribution in [0.15, 0.2) is 24.3 Å². The molecule has 122 valence electrons. The number of rotatable bonds is 6. The molecule has 1 aromatic carbocycles. The van der Waals surface area contributed by atoms with E-state index in [9.17, 15) is 9.59 Å². The molecule has 1 saturated heterocycles. The lowest BCUT2D eigenvalue weighted by Crippen LogP contribution is -2.35. The Hall–Kier alpha value is -1.30. The summed E-state index contributed by atoms with van der Waals surface area (Å²) in [5.74, 6) is -0.542. The Kier molecular flexibility index (Phi) is 7.65. The molecule has 1 heterocycles. The van der Waals surface area contributed by atoms with E-state index in [0.29, 0.717) is 11.4 Å². The minimum atomic E-state index is -0.459. The standard InChI is InChI=1S/C15H20ClN3O2.ClH/c16-11-4-1-3-10(7-11)13(9-14(17)20)19-15(21)8-12-5-2-6-18-12;/h1,3-4,7,12-13,18H,2,5-6,8-9H2,(H2,17,20)(H,19,21);1H/t12?,13-;/m1./s1. The lowest BCUT2D eigenvalue weighted by atomic mass is 10.0. The molecule has 2 amide bonds. The zero-order chi connectivity index (χ0) is 15.2. The average molecular weight is 346 g/mol. The second-order valence-electron chi connectivity index (χ2n) is 5.34. The Bertz CT molecular complexity index is 519. The molecule has 1 aromatic rings. The highest BCUT2D eigenvalue weighted by molar-refractivity contribution is 6.30. The van der Waals surface area contributed by atoms with Crippen molar-refractivity contribution in [2.24, 2.45) is 5.73 Å². The van der Waals surface area contributed by atoms with Gasteiger partial charge in [0.1, 0.15) is 0 Å². The molecule has 0 saturated carbocycles. The quantitative estimate of drug-likeness (QED) is 0.736. The summed E-state index contributed by atoms with van der Waals surface area (Å²) >= 11 is 5.96. The smallest absolute Gasteiger partial charge is 0.222 e. The minimum absolute atomic E-state index is 0. The van der Waals surface area contributed by atoms with Gasteiger partial charge in [-0.3, -0.25) is 9.59 Å². The van der Waals surface area contributed by atoms with Crippen molar-refractivity contribution < 1.29 is 9.59 Å². The number of nitrogens with two attached hydrogens (primary N) is 1. The molecule has 2 rings (SSSR count). The van der Waals surface area contributed by atoms with Gasteiger partial charge >= 0.3 is 0 Å². The predicted octanol–water partition coefficient (Wildman–Crippen LogP) is 1.94. The highest BCUT2D eigenvalue weighted by Gasteiger charge is 2.21. The first-order valence-corrected chi connectivity index (χ1v) is 7.49. The van der Waals surface area contributed by atoms with Crippen molar-refractivity contribution in [3.05, 3.63) is 34.9 Å². The Morgan fingerprint density at radius 2 is 2.23 bits per heavy atom. The van der Waals surface area contributed by atoms with Crippen LogP contribution in [-0.2, 0) is 9.59 Å². The van der Waals surface area contributed by atoms with E-state index in [0.717, 1.165) is 24.9 Å². The molecule has 0 aromatic heterocycles. The van der Waals surface area contributed by atoms with Crippen LogP contribution in [0, 0.1) is 0 Å². The van der Waals surface area contributed by atoms with Crippen molar-refractivity contribution in [2.75, 3.05) is 6.54 Å². The summed E-state index contributed by atoms with van der Waals surface area (Å²) in [7, 11) is 0. The molecule has 1 fully saturated rings. The van der Waals surface area contributed by atoms with Crippen molar-refractivity contribution in [3.8, 4) is 0 Å². The average Bonchev–Trinajstić information content (AvgIpc) is 2.90. The van der Waals surface area contributed by atoms with Gasteiger partial charge < -0.3 is 16.4 Å². The summed E-state index contributed by atoms with van der Waals surface area (Å²) < 4.78 is 0. The van der Waals surface area contributed by atoms with Crippen LogP contribution in [-0.4, -0.2) is 24.4 Å². The van der Waals surface area contributed by atoms with Gasteiger partial charge in [0.05, 0.1) is 12.5 Å². The zero-order valence-electron chi connectivity index (χ0n) is 12.2. The number of carbonyl (C=O) groups excluding carboxylic acids is 2. The van der Waals surface area contributed by atoms with Gasteiger partial charge in [0.25, 0.3) is 0 Å². The molecular formula is C15H21Cl2N3O2. The Morgan fingerprint density at radius 3 is 2.82 bits per heavy atom. The minimum Gasteiger partial charge on any atom is -0.370 e. The summed E-state index contributed by atoms with van der Waals surface area (Å²) in [5.41, 5.74) is 6.06. The third kappa shape index (κ3) is 5.83. The molecule has 1 aliphatic heterocycles.